The molecule has 1 saturated heterocycles. The third kappa shape index (κ3) is 5.50. The zero-order valence-corrected chi connectivity index (χ0v) is 18.0. The molecular formula is C21H22BrN3O5. The molecule has 1 heterocycles. The Bertz CT molecular complexity index is 940. The van der Waals surface area contributed by atoms with Crippen molar-refractivity contribution in [2.75, 3.05) is 31.7 Å². The van der Waals surface area contributed by atoms with E-state index in [1.165, 1.54) is 26.2 Å². The van der Waals surface area contributed by atoms with E-state index in [0.717, 1.165) is 18.8 Å². The number of halogens is 1. The number of carbonyl (C=O) groups is 2. The van der Waals surface area contributed by atoms with Crippen LogP contribution in [0.5, 0.6) is 11.5 Å². The first-order valence-corrected chi connectivity index (χ1v) is 10.2. The van der Waals surface area contributed by atoms with Gasteiger partial charge in [0, 0.05) is 34.4 Å². The minimum absolute atomic E-state index is 0.283. The van der Waals surface area contributed by atoms with Crippen LogP contribution in [-0.4, -0.2) is 50.0 Å². The fraction of sp³-hybridized carbons (Fsp3) is 0.286. The van der Waals surface area contributed by atoms with Crippen LogP contribution in [0, 0.1) is 0 Å². The molecule has 2 aromatic rings. The topological polar surface area (TPSA) is 100 Å². The minimum Gasteiger partial charge on any atom is -0.493 e. The van der Waals surface area contributed by atoms with Crippen LogP contribution in [0.4, 0.5) is 5.69 Å². The Morgan fingerprint density at radius 3 is 2.53 bits per heavy atom. The van der Waals surface area contributed by atoms with Crippen molar-refractivity contribution in [1.82, 2.24) is 5.43 Å². The van der Waals surface area contributed by atoms with Crippen LogP contribution in [0.2, 0.25) is 0 Å². The van der Waals surface area contributed by atoms with Gasteiger partial charge < -0.3 is 19.5 Å². The average molecular weight is 476 g/mol. The fourth-order valence-corrected chi connectivity index (χ4v) is 3.51. The molecule has 2 N–H and O–H groups in total. The van der Waals surface area contributed by atoms with E-state index in [1.54, 1.807) is 24.3 Å². The Morgan fingerprint density at radius 1 is 1.20 bits per heavy atom. The second kappa shape index (κ2) is 10.1. The zero-order chi connectivity index (χ0) is 21.5. The number of carboxylic acids is 1. The van der Waals surface area contributed by atoms with Crippen molar-refractivity contribution in [2.45, 2.75) is 12.8 Å². The first-order chi connectivity index (χ1) is 14.5. The largest absolute Gasteiger partial charge is 0.493 e. The number of anilines is 1. The maximum absolute atomic E-state index is 12.3. The maximum atomic E-state index is 12.3. The van der Waals surface area contributed by atoms with Gasteiger partial charge >= 0.3 is 5.97 Å². The second-order valence-corrected chi connectivity index (χ2v) is 7.50. The number of nitrogens with zero attached hydrogens (tertiary/aromatic N) is 2. The molecule has 9 heteroatoms. The molecule has 0 radical (unpaired) electrons. The number of rotatable bonds is 8. The van der Waals surface area contributed by atoms with Gasteiger partial charge in [0.2, 0.25) is 0 Å². The summed E-state index contributed by atoms with van der Waals surface area (Å²) in [7, 11) is 1.45. The molecule has 30 heavy (non-hydrogen) atoms. The van der Waals surface area contributed by atoms with E-state index in [0.29, 0.717) is 21.3 Å². The summed E-state index contributed by atoms with van der Waals surface area (Å²) < 4.78 is 11.0. The number of hydrazone groups is 1. The van der Waals surface area contributed by atoms with Crippen LogP contribution in [-0.2, 0) is 4.79 Å². The van der Waals surface area contributed by atoms with Crippen molar-refractivity contribution in [3.8, 4) is 11.5 Å². The van der Waals surface area contributed by atoms with Gasteiger partial charge in [-0.25, -0.2) is 10.2 Å². The number of aliphatic carboxylic acids is 1. The third-order valence-corrected chi connectivity index (χ3v) is 5.29. The van der Waals surface area contributed by atoms with Gasteiger partial charge in [-0.15, -0.1) is 0 Å². The molecule has 0 bridgehead atoms. The van der Waals surface area contributed by atoms with Crippen LogP contribution in [0.1, 0.15) is 28.8 Å². The predicted molar refractivity (Wildman–Crippen MR) is 117 cm³/mol. The number of benzene rings is 2. The predicted octanol–water partition coefficient (Wildman–Crippen LogP) is 3.29. The number of amides is 1. The number of hydrogen-bond acceptors (Lipinski definition) is 6. The van der Waals surface area contributed by atoms with Crippen LogP contribution in [0.25, 0.3) is 0 Å². The van der Waals surface area contributed by atoms with E-state index < -0.39 is 12.6 Å². The smallest absolute Gasteiger partial charge is 0.341 e. The molecule has 0 aliphatic carbocycles. The second-order valence-electron chi connectivity index (χ2n) is 6.65. The number of nitrogens with one attached hydrogen (secondary N) is 1. The van der Waals surface area contributed by atoms with Gasteiger partial charge in [-0.3, -0.25) is 4.79 Å². The normalized spacial score (nSPS) is 13.5. The number of carbonyl (C=O) groups excluding carboxylic acids is 1. The molecule has 158 valence electrons. The van der Waals surface area contributed by atoms with Crippen molar-refractivity contribution in [3.63, 3.8) is 0 Å². The lowest BCUT2D eigenvalue weighted by molar-refractivity contribution is -0.139. The van der Waals surface area contributed by atoms with E-state index in [2.05, 4.69) is 31.4 Å². The molecule has 1 amide bonds. The summed E-state index contributed by atoms with van der Waals surface area (Å²) >= 11 is 3.38. The summed E-state index contributed by atoms with van der Waals surface area (Å²) in [6.45, 7) is 1.62. The molecular weight excluding hydrogens is 454 g/mol. The highest BCUT2D eigenvalue weighted by Crippen LogP contribution is 2.33. The van der Waals surface area contributed by atoms with Crippen molar-refractivity contribution >= 4 is 39.7 Å². The molecule has 0 spiro atoms. The molecule has 1 aliphatic heterocycles. The third-order valence-electron chi connectivity index (χ3n) is 4.60. The molecule has 3 rings (SSSR count). The van der Waals surface area contributed by atoms with Gasteiger partial charge in [0.1, 0.15) is 0 Å². The summed E-state index contributed by atoms with van der Waals surface area (Å²) in [5.41, 5.74) is 4.76. The van der Waals surface area contributed by atoms with Gasteiger partial charge in [-0.1, -0.05) is 0 Å². The highest BCUT2D eigenvalue weighted by atomic mass is 79.9. The number of methoxy groups -OCH3 is 1. The minimum atomic E-state index is -1.09. The van der Waals surface area contributed by atoms with Crippen LogP contribution in [0.3, 0.4) is 0 Å². The monoisotopic (exact) mass is 475 g/mol. The highest BCUT2D eigenvalue weighted by molar-refractivity contribution is 9.10. The van der Waals surface area contributed by atoms with Gasteiger partial charge in [0.15, 0.2) is 18.1 Å². The van der Waals surface area contributed by atoms with Crippen molar-refractivity contribution in [3.05, 3.63) is 52.0 Å². The SMILES string of the molecule is COc1cc(/C=N\NC(=O)c2ccc(N3CCCC3)cc2)c(Br)cc1OCC(=O)O. The molecule has 0 aromatic heterocycles. The van der Waals surface area contributed by atoms with E-state index in [-0.39, 0.29) is 11.7 Å². The Kier molecular flexibility index (Phi) is 7.29. The van der Waals surface area contributed by atoms with Gasteiger partial charge in [-0.05, 0) is 65.2 Å². The quantitative estimate of drug-likeness (QED) is 0.448. The number of ether oxygens (including phenoxy) is 2. The van der Waals surface area contributed by atoms with E-state index in [1.807, 2.05) is 12.1 Å². The molecule has 1 fully saturated rings. The lowest BCUT2D eigenvalue weighted by atomic mass is 10.2. The first kappa shape index (κ1) is 21.6. The molecule has 2 aromatic carbocycles. The lowest BCUT2D eigenvalue weighted by Crippen LogP contribution is -2.19. The van der Waals surface area contributed by atoms with Crippen molar-refractivity contribution in [2.24, 2.45) is 5.10 Å². The number of carboxylic acid groups (broad SMARTS) is 1. The molecule has 1 aliphatic rings. The van der Waals surface area contributed by atoms with E-state index in [4.69, 9.17) is 14.6 Å². The van der Waals surface area contributed by atoms with Gasteiger partial charge in [0.25, 0.3) is 5.91 Å². The van der Waals surface area contributed by atoms with E-state index >= 15 is 0 Å². The molecule has 0 saturated carbocycles. The van der Waals surface area contributed by atoms with Gasteiger partial charge in [0.05, 0.1) is 13.3 Å². The van der Waals surface area contributed by atoms with Crippen molar-refractivity contribution < 1.29 is 24.2 Å². The Labute approximate surface area is 182 Å². The summed E-state index contributed by atoms with van der Waals surface area (Å²) in [6, 6.07) is 10.7. The van der Waals surface area contributed by atoms with Crippen LogP contribution in [0.15, 0.2) is 46.0 Å². The summed E-state index contributed by atoms with van der Waals surface area (Å²) in [4.78, 5) is 25.3. The molecule has 0 unspecified atom stereocenters. The van der Waals surface area contributed by atoms with Crippen LogP contribution >= 0.6 is 15.9 Å². The fourth-order valence-electron chi connectivity index (χ4n) is 3.09. The van der Waals surface area contributed by atoms with Gasteiger partial charge in [-0.2, -0.15) is 5.10 Å². The highest BCUT2D eigenvalue weighted by Gasteiger charge is 2.13. The Balaban J connectivity index is 1.63. The van der Waals surface area contributed by atoms with Crippen molar-refractivity contribution in [1.29, 1.82) is 0 Å². The standard InChI is InChI=1S/C21H22BrN3O5/c1-29-18-10-15(17(22)11-19(18)30-13-20(26)27)12-23-24-21(28)14-4-6-16(7-5-14)25-8-2-3-9-25/h4-7,10-12H,2-3,8-9,13H2,1H3,(H,24,28)(H,26,27)/b23-12-. The van der Waals surface area contributed by atoms with E-state index in [9.17, 15) is 9.59 Å². The Morgan fingerprint density at radius 2 is 1.90 bits per heavy atom. The Hall–Kier alpha value is -3.07. The summed E-state index contributed by atoms with van der Waals surface area (Å²) in [6.07, 6.45) is 3.86. The maximum Gasteiger partial charge on any atom is 0.341 e. The average Bonchev–Trinajstić information content (AvgIpc) is 3.28. The summed E-state index contributed by atoms with van der Waals surface area (Å²) in [5, 5.41) is 12.8. The number of hydrogen-bond donors (Lipinski definition) is 2. The molecule has 8 nitrogen and oxygen atoms in total. The first-order valence-electron chi connectivity index (χ1n) is 9.38. The summed E-state index contributed by atoms with van der Waals surface area (Å²) in [5.74, 6) is -0.769. The van der Waals surface area contributed by atoms with Crippen LogP contribution < -0.4 is 19.8 Å². The molecule has 0 atom stereocenters. The lowest BCUT2D eigenvalue weighted by Gasteiger charge is -2.17. The zero-order valence-electron chi connectivity index (χ0n) is 16.4.